The summed E-state index contributed by atoms with van der Waals surface area (Å²) in [4.78, 5) is 0. The minimum absolute atomic E-state index is 0.444. The van der Waals surface area contributed by atoms with Crippen LogP contribution in [0.5, 0.6) is 0 Å². The Bertz CT molecular complexity index is 556. The molecule has 2 rings (SSSR count). The molecule has 0 atom stereocenters. The highest BCUT2D eigenvalue weighted by Gasteiger charge is 2.14. The smallest absolute Gasteiger partial charge is 0.146 e. The predicted octanol–water partition coefficient (Wildman–Crippen LogP) is 1.60. The van der Waals surface area contributed by atoms with E-state index in [4.69, 9.17) is 7.85 Å². The summed E-state index contributed by atoms with van der Waals surface area (Å²) in [6, 6.07) is 0. The molecule has 3 nitrogen and oxygen atoms in total. The van der Waals surface area contributed by atoms with Crippen LogP contribution in [-0.4, -0.2) is 22.8 Å². The average molecular weight is 225 g/mol. The predicted molar refractivity (Wildman–Crippen MR) is 70.4 cm³/mol. The van der Waals surface area contributed by atoms with Gasteiger partial charge in [0.25, 0.3) is 0 Å². The van der Waals surface area contributed by atoms with Gasteiger partial charge in [0, 0.05) is 11.8 Å². The van der Waals surface area contributed by atoms with E-state index in [9.17, 15) is 0 Å². The lowest BCUT2D eigenvalue weighted by Crippen LogP contribution is -2.07. The minimum Gasteiger partial charge on any atom is -0.221 e. The maximum Gasteiger partial charge on any atom is 0.146 e. The van der Waals surface area contributed by atoms with Crippen LogP contribution in [0.15, 0.2) is 6.20 Å². The first-order chi connectivity index (χ1) is 7.93. The van der Waals surface area contributed by atoms with Gasteiger partial charge in [-0.25, -0.2) is 4.68 Å². The van der Waals surface area contributed by atoms with E-state index in [0.29, 0.717) is 5.59 Å². The van der Waals surface area contributed by atoms with Crippen molar-refractivity contribution in [3.63, 3.8) is 0 Å². The molecule has 0 unspecified atom stereocenters. The van der Waals surface area contributed by atoms with E-state index in [2.05, 4.69) is 44.9 Å². The standard InChI is InChI=1S/C13H16BN3/c1-7-8(2)10(4)13(11(5)9(7)3)17-6-12(14)15-16-17/h6H,1-5H3. The van der Waals surface area contributed by atoms with Gasteiger partial charge in [0.2, 0.25) is 0 Å². The van der Waals surface area contributed by atoms with E-state index in [-0.39, 0.29) is 0 Å². The molecule has 0 N–H and O–H groups in total. The molecule has 1 aromatic carbocycles. The van der Waals surface area contributed by atoms with Crippen LogP contribution in [0.1, 0.15) is 27.8 Å². The van der Waals surface area contributed by atoms with E-state index < -0.39 is 0 Å². The van der Waals surface area contributed by atoms with Crippen molar-refractivity contribution in [2.45, 2.75) is 34.6 Å². The van der Waals surface area contributed by atoms with Crippen molar-refractivity contribution < 1.29 is 0 Å². The largest absolute Gasteiger partial charge is 0.221 e. The first-order valence-electron chi connectivity index (χ1n) is 5.68. The van der Waals surface area contributed by atoms with E-state index in [0.717, 1.165) is 5.69 Å². The van der Waals surface area contributed by atoms with Gasteiger partial charge in [-0.15, -0.1) is 5.10 Å². The third-order valence-electron chi connectivity index (χ3n) is 3.70. The molecule has 86 valence electrons. The Balaban J connectivity index is 2.78. The molecule has 17 heavy (non-hydrogen) atoms. The molecule has 0 saturated carbocycles. The molecule has 0 saturated heterocycles. The third-order valence-corrected chi connectivity index (χ3v) is 3.70. The second kappa shape index (κ2) is 4.02. The summed E-state index contributed by atoms with van der Waals surface area (Å²) in [5.74, 6) is 0. The van der Waals surface area contributed by atoms with Crippen LogP contribution in [0.4, 0.5) is 0 Å². The lowest BCUT2D eigenvalue weighted by atomic mass is 9.93. The van der Waals surface area contributed by atoms with Gasteiger partial charge in [0.15, 0.2) is 0 Å². The molecule has 0 spiro atoms. The van der Waals surface area contributed by atoms with E-state index in [1.807, 2.05) is 0 Å². The van der Waals surface area contributed by atoms with Crippen molar-refractivity contribution in [3.05, 3.63) is 34.0 Å². The Hall–Kier alpha value is -1.58. The van der Waals surface area contributed by atoms with Gasteiger partial charge in [-0.3, -0.25) is 0 Å². The number of hydrogen-bond donors (Lipinski definition) is 0. The summed E-state index contributed by atoms with van der Waals surface area (Å²) in [6.45, 7) is 10.7. The minimum atomic E-state index is 0.444. The molecular formula is C13H16BN3. The van der Waals surface area contributed by atoms with Gasteiger partial charge in [-0.05, 0) is 62.4 Å². The maximum absolute atomic E-state index is 5.63. The molecular weight excluding hydrogens is 209 g/mol. The normalized spacial score (nSPS) is 10.9. The number of hydrogen-bond acceptors (Lipinski definition) is 2. The van der Waals surface area contributed by atoms with Gasteiger partial charge >= 0.3 is 0 Å². The quantitative estimate of drug-likeness (QED) is 0.690. The number of nitrogens with zero attached hydrogens (tertiary/aromatic N) is 3. The van der Waals surface area contributed by atoms with Crippen LogP contribution in [0, 0.1) is 34.6 Å². The van der Waals surface area contributed by atoms with Gasteiger partial charge in [-0.2, -0.15) is 0 Å². The van der Waals surface area contributed by atoms with Crippen molar-refractivity contribution >= 4 is 13.4 Å². The van der Waals surface area contributed by atoms with Crippen LogP contribution < -0.4 is 5.59 Å². The van der Waals surface area contributed by atoms with Crippen molar-refractivity contribution in [1.82, 2.24) is 15.0 Å². The Kier molecular flexibility index (Phi) is 2.81. The highest BCUT2D eigenvalue weighted by molar-refractivity contribution is 6.30. The lowest BCUT2D eigenvalue weighted by molar-refractivity contribution is 0.791. The molecule has 2 aromatic rings. The number of benzene rings is 1. The van der Waals surface area contributed by atoms with Gasteiger partial charge in [0.05, 0.1) is 5.69 Å². The molecule has 0 aliphatic heterocycles. The zero-order valence-electron chi connectivity index (χ0n) is 11.0. The van der Waals surface area contributed by atoms with Crippen molar-refractivity contribution in [2.24, 2.45) is 0 Å². The second-order valence-corrected chi connectivity index (χ2v) is 4.56. The molecule has 0 aliphatic rings. The number of rotatable bonds is 1. The zero-order chi connectivity index (χ0) is 12.7. The Morgan fingerprint density at radius 3 is 1.76 bits per heavy atom. The van der Waals surface area contributed by atoms with Crippen molar-refractivity contribution in [1.29, 1.82) is 0 Å². The molecule has 0 aliphatic carbocycles. The Morgan fingerprint density at radius 1 is 0.882 bits per heavy atom. The molecule has 1 heterocycles. The fourth-order valence-corrected chi connectivity index (χ4v) is 2.21. The second-order valence-electron chi connectivity index (χ2n) is 4.56. The number of aromatic nitrogens is 3. The van der Waals surface area contributed by atoms with Crippen molar-refractivity contribution in [2.75, 3.05) is 0 Å². The highest BCUT2D eigenvalue weighted by Crippen LogP contribution is 2.27. The van der Waals surface area contributed by atoms with Gasteiger partial charge < -0.3 is 0 Å². The maximum atomic E-state index is 5.63. The summed E-state index contributed by atoms with van der Waals surface area (Å²) >= 11 is 0. The Morgan fingerprint density at radius 2 is 1.35 bits per heavy atom. The molecule has 0 fully saturated rings. The molecule has 2 radical (unpaired) electrons. The summed E-state index contributed by atoms with van der Waals surface area (Å²) in [5.41, 5.74) is 7.95. The summed E-state index contributed by atoms with van der Waals surface area (Å²) in [5, 5.41) is 7.91. The summed E-state index contributed by atoms with van der Waals surface area (Å²) < 4.78 is 1.76. The Labute approximate surface area is 103 Å². The SMILES string of the molecule is [B]c1cn(-c2c(C)c(C)c(C)c(C)c2C)nn1. The monoisotopic (exact) mass is 225 g/mol. The molecule has 0 amide bonds. The fourth-order valence-electron chi connectivity index (χ4n) is 2.21. The first kappa shape index (κ1) is 11.9. The van der Waals surface area contributed by atoms with Crippen LogP contribution in [0.2, 0.25) is 0 Å². The average Bonchev–Trinajstić information content (AvgIpc) is 2.71. The first-order valence-corrected chi connectivity index (χ1v) is 5.68. The third kappa shape index (κ3) is 1.77. The van der Waals surface area contributed by atoms with E-state index in [1.165, 1.54) is 27.8 Å². The molecule has 1 aromatic heterocycles. The van der Waals surface area contributed by atoms with Crippen LogP contribution in [0.25, 0.3) is 5.69 Å². The summed E-state index contributed by atoms with van der Waals surface area (Å²) in [6.07, 6.45) is 1.75. The van der Waals surface area contributed by atoms with Crippen LogP contribution in [-0.2, 0) is 0 Å². The molecule has 4 heteroatoms. The topological polar surface area (TPSA) is 30.7 Å². The van der Waals surface area contributed by atoms with E-state index in [1.54, 1.807) is 10.9 Å². The van der Waals surface area contributed by atoms with Crippen molar-refractivity contribution in [3.8, 4) is 5.69 Å². The fraction of sp³-hybridized carbons (Fsp3) is 0.385. The highest BCUT2D eigenvalue weighted by atomic mass is 15.4. The summed E-state index contributed by atoms with van der Waals surface area (Å²) in [7, 11) is 5.63. The van der Waals surface area contributed by atoms with Gasteiger partial charge in [-0.1, -0.05) is 5.21 Å². The molecule has 0 bridgehead atoms. The zero-order valence-corrected chi connectivity index (χ0v) is 11.0. The lowest BCUT2D eigenvalue weighted by Gasteiger charge is -2.17. The van der Waals surface area contributed by atoms with Gasteiger partial charge in [0.1, 0.15) is 7.85 Å². The van der Waals surface area contributed by atoms with Crippen LogP contribution >= 0.6 is 0 Å². The van der Waals surface area contributed by atoms with E-state index >= 15 is 0 Å². The van der Waals surface area contributed by atoms with Crippen LogP contribution in [0.3, 0.4) is 0 Å².